The zero-order valence-corrected chi connectivity index (χ0v) is 14.6. The number of hydrogen-bond acceptors (Lipinski definition) is 4. The maximum Gasteiger partial charge on any atom is 0.263 e. The molecule has 0 bridgehead atoms. The van der Waals surface area contributed by atoms with E-state index in [4.69, 9.17) is 0 Å². The highest BCUT2D eigenvalue weighted by Crippen LogP contribution is 2.23. The van der Waals surface area contributed by atoms with Crippen molar-refractivity contribution in [2.75, 3.05) is 6.54 Å². The molecule has 2 atom stereocenters. The van der Waals surface area contributed by atoms with E-state index in [1.807, 2.05) is 30.3 Å². The molecule has 7 heteroatoms. The lowest BCUT2D eigenvalue weighted by Crippen LogP contribution is -2.58. The lowest BCUT2D eigenvalue weighted by Gasteiger charge is -2.41. The van der Waals surface area contributed by atoms with Crippen molar-refractivity contribution in [1.82, 2.24) is 20.2 Å². The lowest BCUT2D eigenvalue weighted by molar-refractivity contribution is -0.120. The second kappa shape index (κ2) is 7.95. The smallest absolute Gasteiger partial charge is 0.263 e. The summed E-state index contributed by atoms with van der Waals surface area (Å²) in [6.07, 6.45) is 4.72. The summed E-state index contributed by atoms with van der Waals surface area (Å²) in [5.41, 5.74) is 0.645. The number of rotatable bonds is 4. The van der Waals surface area contributed by atoms with Crippen LogP contribution in [-0.4, -0.2) is 45.3 Å². The Morgan fingerprint density at radius 2 is 2.08 bits per heavy atom. The van der Waals surface area contributed by atoms with Crippen LogP contribution in [0.1, 0.15) is 35.7 Å². The second-order valence-electron chi connectivity index (χ2n) is 6.50. The maximum atomic E-state index is 13.0. The first-order chi connectivity index (χ1) is 12.6. The van der Waals surface area contributed by atoms with E-state index in [-0.39, 0.29) is 29.5 Å². The van der Waals surface area contributed by atoms with E-state index in [0.29, 0.717) is 13.0 Å². The van der Waals surface area contributed by atoms with Gasteiger partial charge in [-0.3, -0.25) is 14.4 Å². The Morgan fingerprint density at radius 1 is 1.31 bits per heavy atom. The number of likely N-dealkylation sites (tertiary alicyclic amines) is 1. The van der Waals surface area contributed by atoms with Crippen LogP contribution in [0.4, 0.5) is 0 Å². The molecule has 0 radical (unpaired) electrons. The van der Waals surface area contributed by atoms with Crippen LogP contribution in [0.5, 0.6) is 0 Å². The predicted molar refractivity (Wildman–Crippen MR) is 96.7 cm³/mol. The number of piperidine rings is 1. The Balaban J connectivity index is 1.92. The first kappa shape index (κ1) is 17.8. The Hall–Kier alpha value is -2.96. The number of carbonyl (C=O) groups is 2. The maximum absolute atomic E-state index is 13.0. The zero-order valence-electron chi connectivity index (χ0n) is 14.6. The average Bonchev–Trinajstić information content (AvgIpc) is 2.63. The van der Waals surface area contributed by atoms with Gasteiger partial charge >= 0.3 is 0 Å². The third-order valence-corrected chi connectivity index (χ3v) is 4.66. The number of H-pyrrole nitrogens is 1. The number of carbonyl (C=O) groups excluding carboxylic acids is 2. The number of aromatic nitrogens is 2. The normalized spacial score (nSPS) is 19.8. The van der Waals surface area contributed by atoms with Crippen LogP contribution >= 0.6 is 0 Å². The SMILES string of the molecule is CC(=O)N[C@H]1CCCN(C(=O)c2cnc[nH]c2=O)[C@H]1Cc1ccccc1. The molecule has 1 saturated heterocycles. The predicted octanol–water partition coefficient (Wildman–Crippen LogP) is 1.12. The summed E-state index contributed by atoms with van der Waals surface area (Å²) < 4.78 is 0. The van der Waals surface area contributed by atoms with Gasteiger partial charge in [0.1, 0.15) is 5.56 Å². The number of nitrogens with one attached hydrogen (secondary N) is 2. The van der Waals surface area contributed by atoms with Crippen molar-refractivity contribution in [2.45, 2.75) is 38.3 Å². The standard InChI is InChI=1S/C19H22N4O3/c1-13(24)22-16-8-5-9-23(17(16)10-14-6-3-2-4-7-14)19(26)15-11-20-12-21-18(15)25/h2-4,6-7,11-12,16-17H,5,8-10H2,1H3,(H,22,24)(H,20,21,25)/t16-,17-/m0/s1. The van der Waals surface area contributed by atoms with E-state index in [9.17, 15) is 14.4 Å². The summed E-state index contributed by atoms with van der Waals surface area (Å²) in [6.45, 7) is 2.02. The van der Waals surface area contributed by atoms with E-state index in [0.717, 1.165) is 18.4 Å². The first-order valence-corrected chi connectivity index (χ1v) is 8.71. The minimum absolute atomic E-state index is 0.0223. The molecule has 7 nitrogen and oxygen atoms in total. The van der Waals surface area contributed by atoms with Crippen LogP contribution in [0.15, 0.2) is 47.7 Å². The number of benzene rings is 1. The summed E-state index contributed by atoms with van der Waals surface area (Å²) >= 11 is 0. The molecule has 2 heterocycles. The van der Waals surface area contributed by atoms with Crippen LogP contribution in [0.25, 0.3) is 0 Å². The number of nitrogens with zero attached hydrogens (tertiary/aromatic N) is 2. The lowest BCUT2D eigenvalue weighted by atomic mass is 9.90. The molecule has 0 unspecified atom stereocenters. The number of amides is 2. The van der Waals surface area contributed by atoms with Crippen molar-refractivity contribution in [3.63, 3.8) is 0 Å². The summed E-state index contributed by atoms with van der Waals surface area (Å²) in [5.74, 6) is -0.475. The van der Waals surface area contributed by atoms with Crippen molar-refractivity contribution in [1.29, 1.82) is 0 Å². The Morgan fingerprint density at radius 3 is 2.77 bits per heavy atom. The fourth-order valence-electron chi connectivity index (χ4n) is 3.50. The molecule has 26 heavy (non-hydrogen) atoms. The van der Waals surface area contributed by atoms with Crippen molar-refractivity contribution >= 4 is 11.8 Å². The molecule has 0 aliphatic carbocycles. The topological polar surface area (TPSA) is 95.2 Å². The Kier molecular flexibility index (Phi) is 5.46. The molecule has 2 aromatic rings. The van der Waals surface area contributed by atoms with Crippen LogP contribution < -0.4 is 10.9 Å². The van der Waals surface area contributed by atoms with Crippen molar-refractivity contribution in [2.24, 2.45) is 0 Å². The molecule has 2 N–H and O–H groups in total. The van der Waals surface area contributed by atoms with E-state index in [1.54, 1.807) is 4.90 Å². The van der Waals surface area contributed by atoms with Gasteiger partial charge in [-0.2, -0.15) is 0 Å². The molecule has 3 rings (SSSR count). The summed E-state index contributed by atoms with van der Waals surface area (Å²) in [4.78, 5) is 44.7. The van der Waals surface area contributed by atoms with Crippen molar-refractivity contribution in [3.05, 3.63) is 64.3 Å². The monoisotopic (exact) mass is 354 g/mol. The van der Waals surface area contributed by atoms with E-state index in [1.165, 1.54) is 19.4 Å². The third-order valence-electron chi connectivity index (χ3n) is 4.66. The number of hydrogen-bond donors (Lipinski definition) is 2. The van der Waals surface area contributed by atoms with Crippen LogP contribution in [0, 0.1) is 0 Å². The highest BCUT2D eigenvalue weighted by atomic mass is 16.2. The molecule has 1 fully saturated rings. The van der Waals surface area contributed by atoms with Gasteiger partial charge in [-0.25, -0.2) is 4.98 Å². The molecule has 0 spiro atoms. The fourth-order valence-corrected chi connectivity index (χ4v) is 3.50. The van der Waals surface area contributed by atoms with Gasteiger partial charge < -0.3 is 15.2 Å². The Bertz CT molecular complexity index is 834. The zero-order chi connectivity index (χ0) is 18.5. The van der Waals surface area contributed by atoms with Gasteiger partial charge in [-0.15, -0.1) is 0 Å². The minimum Gasteiger partial charge on any atom is -0.352 e. The molecular formula is C19H22N4O3. The number of aromatic amines is 1. The molecule has 1 aromatic heterocycles. The molecule has 1 aliphatic rings. The van der Waals surface area contributed by atoms with Crippen LogP contribution in [0.3, 0.4) is 0 Å². The molecule has 0 saturated carbocycles. The van der Waals surface area contributed by atoms with Crippen molar-refractivity contribution < 1.29 is 9.59 Å². The van der Waals surface area contributed by atoms with E-state index < -0.39 is 5.56 Å². The minimum atomic E-state index is -0.454. The summed E-state index contributed by atoms with van der Waals surface area (Å²) in [5, 5.41) is 2.97. The summed E-state index contributed by atoms with van der Waals surface area (Å²) in [7, 11) is 0. The largest absolute Gasteiger partial charge is 0.352 e. The van der Waals surface area contributed by atoms with Gasteiger partial charge in [-0.05, 0) is 24.8 Å². The van der Waals surface area contributed by atoms with Crippen molar-refractivity contribution in [3.8, 4) is 0 Å². The van der Waals surface area contributed by atoms with Gasteiger partial charge in [-0.1, -0.05) is 30.3 Å². The molecule has 136 valence electrons. The van der Waals surface area contributed by atoms with Gasteiger partial charge in [0, 0.05) is 25.7 Å². The fraction of sp³-hybridized carbons (Fsp3) is 0.368. The molecule has 2 amide bonds. The average molecular weight is 354 g/mol. The van der Waals surface area contributed by atoms with Gasteiger partial charge in [0.2, 0.25) is 5.91 Å². The van der Waals surface area contributed by atoms with E-state index >= 15 is 0 Å². The molecular weight excluding hydrogens is 332 g/mol. The van der Waals surface area contributed by atoms with Crippen LogP contribution in [-0.2, 0) is 11.2 Å². The molecule has 1 aliphatic heterocycles. The first-order valence-electron chi connectivity index (χ1n) is 8.71. The highest BCUT2D eigenvalue weighted by Gasteiger charge is 2.36. The molecule has 1 aromatic carbocycles. The Labute approximate surface area is 151 Å². The van der Waals surface area contributed by atoms with Gasteiger partial charge in [0.25, 0.3) is 11.5 Å². The second-order valence-corrected chi connectivity index (χ2v) is 6.50. The van der Waals surface area contributed by atoms with E-state index in [2.05, 4.69) is 15.3 Å². The van der Waals surface area contributed by atoms with Gasteiger partial charge in [0.15, 0.2) is 0 Å². The highest BCUT2D eigenvalue weighted by molar-refractivity contribution is 5.94. The quantitative estimate of drug-likeness (QED) is 0.860. The summed E-state index contributed by atoms with van der Waals surface area (Å²) in [6, 6.07) is 9.46. The third kappa shape index (κ3) is 3.99. The van der Waals surface area contributed by atoms with Crippen LogP contribution in [0.2, 0.25) is 0 Å². The van der Waals surface area contributed by atoms with Gasteiger partial charge in [0.05, 0.1) is 12.4 Å².